The molecule has 2 aromatic heterocycles. The number of amides is 1. The molecule has 0 bridgehead atoms. The van der Waals surface area contributed by atoms with Gasteiger partial charge in [0.2, 0.25) is 5.95 Å². The lowest BCUT2D eigenvalue weighted by Crippen LogP contribution is -2.22. The maximum Gasteiger partial charge on any atom is 0.421 e. The first kappa shape index (κ1) is 33.4. The Labute approximate surface area is 256 Å². The van der Waals surface area contributed by atoms with Crippen LogP contribution in [0.3, 0.4) is 0 Å². The van der Waals surface area contributed by atoms with Gasteiger partial charge in [0.25, 0.3) is 5.91 Å². The zero-order chi connectivity index (χ0) is 31.7. The summed E-state index contributed by atoms with van der Waals surface area (Å²) in [4.78, 5) is 25.4. The Bertz CT molecular complexity index is 1420. The summed E-state index contributed by atoms with van der Waals surface area (Å²) in [6.07, 6.45) is 1.68. The number of hydrogen-bond donors (Lipinski definition) is 3. The molecule has 14 heteroatoms. The molecule has 44 heavy (non-hydrogen) atoms. The average Bonchev–Trinajstić information content (AvgIpc) is 3.01. The highest BCUT2D eigenvalue weighted by atomic mass is 31.2. The molecule has 1 fully saturated rings. The summed E-state index contributed by atoms with van der Waals surface area (Å²) in [7, 11) is 1.82. The first-order chi connectivity index (χ1) is 21.2. The Balaban J connectivity index is 1.64. The highest BCUT2D eigenvalue weighted by Crippen LogP contribution is 2.43. The Morgan fingerprint density at radius 3 is 2.34 bits per heavy atom. The van der Waals surface area contributed by atoms with Crippen LogP contribution in [0.5, 0.6) is 5.75 Å². The lowest BCUT2D eigenvalue weighted by molar-refractivity contribution is -0.137. The number of alkyl halides is 3. The number of halogens is 3. The quantitative estimate of drug-likeness (QED) is 0.163. The molecule has 3 aromatic rings. The molecule has 10 nitrogen and oxygen atoms in total. The maximum atomic E-state index is 14.0. The predicted molar refractivity (Wildman–Crippen MR) is 164 cm³/mol. The smallest absolute Gasteiger partial charge is 0.421 e. The molecule has 0 spiro atoms. The van der Waals surface area contributed by atoms with Gasteiger partial charge in [0.05, 0.1) is 31.7 Å². The van der Waals surface area contributed by atoms with E-state index in [1.54, 1.807) is 24.3 Å². The van der Waals surface area contributed by atoms with E-state index in [0.717, 1.165) is 43.4 Å². The van der Waals surface area contributed by atoms with Gasteiger partial charge in [-0.3, -0.25) is 4.79 Å². The summed E-state index contributed by atoms with van der Waals surface area (Å²) in [5, 5.41) is 8.20. The summed E-state index contributed by atoms with van der Waals surface area (Å²) < 4.78 is 59.1. The minimum atomic E-state index is -4.76. The minimum Gasteiger partial charge on any atom is -0.495 e. The second-order valence-corrected chi connectivity index (χ2v) is 11.6. The van der Waals surface area contributed by atoms with Crippen molar-refractivity contribution in [1.82, 2.24) is 20.3 Å². The van der Waals surface area contributed by atoms with Gasteiger partial charge in [-0.1, -0.05) is 25.3 Å². The predicted octanol–water partition coefficient (Wildman–Crippen LogP) is 7.68. The van der Waals surface area contributed by atoms with Crippen LogP contribution in [0.1, 0.15) is 79.2 Å². The third-order valence-electron chi connectivity index (χ3n) is 7.10. The number of anilines is 4. The summed E-state index contributed by atoms with van der Waals surface area (Å²) in [5.74, 6) is -0.512. The fourth-order valence-electron chi connectivity index (χ4n) is 4.99. The Morgan fingerprint density at radius 1 is 1.00 bits per heavy atom. The topological polar surface area (TPSA) is 120 Å². The van der Waals surface area contributed by atoms with Crippen LogP contribution in [0, 0.1) is 0 Å². The fraction of sp³-hybridized carbons (Fsp3) is 0.467. The highest BCUT2D eigenvalue weighted by Gasteiger charge is 2.36. The average molecular weight is 635 g/mol. The number of hydrogen-bond acceptors (Lipinski definition) is 9. The SMILES string of the molecule is CCOP(Cc1ccc(Nc2ncc(C(F)(F)F)c(Nc3ccc(C4CCCCC4)nc3C(=O)NC)n2)c(OC)c1)OCC. The van der Waals surface area contributed by atoms with Gasteiger partial charge in [0.15, 0.2) is 14.1 Å². The van der Waals surface area contributed by atoms with Crippen LogP contribution in [0.4, 0.5) is 36.3 Å². The zero-order valence-electron chi connectivity index (χ0n) is 25.3. The van der Waals surface area contributed by atoms with E-state index in [2.05, 4.69) is 30.9 Å². The summed E-state index contributed by atoms with van der Waals surface area (Å²) >= 11 is 0. The number of rotatable bonds is 13. The number of methoxy groups -OCH3 is 1. The molecular weight excluding hydrogens is 596 g/mol. The van der Waals surface area contributed by atoms with E-state index in [-0.39, 0.29) is 23.2 Å². The standard InChI is InChI=1S/C30H38F3N6O4P/c1-5-42-44(43-6-2)18-19-12-13-23(25(16-19)41-4)38-29-35-17-21(30(31,32)33)27(39-29)37-24-15-14-22(20-10-8-7-9-11-20)36-26(24)28(40)34-3/h12-17,20H,5-11,18H2,1-4H3,(H,34,40)(H2,35,37,38,39). The number of carbonyl (C=O) groups is 1. The Hall–Kier alpha value is -3.54. The van der Waals surface area contributed by atoms with Gasteiger partial charge < -0.3 is 29.7 Å². The highest BCUT2D eigenvalue weighted by molar-refractivity contribution is 7.46. The van der Waals surface area contributed by atoms with E-state index in [1.165, 1.54) is 14.2 Å². The van der Waals surface area contributed by atoms with Crippen molar-refractivity contribution < 1.29 is 31.8 Å². The molecule has 1 aliphatic rings. The number of ether oxygens (including phenoxy) is 1. The van der Waals surface area contributed by atoms with Crippen LogP contribution in [-0.4, -0.2) is 48.2 Å². The van der Waals surface area contributed by atoms with E-state index >= 15 is 0 Å². The van der Waals surface area contributed by atoms with E-state index in [0.29, 0.717) is 37.0 Å². The molecule has 0 atom stereocenters. The summed E-state index contributed by atoms with van der Waals surface area (Å²) in [5.41, 5.74) is 1.10. The monoisotopic (exact) mass is 634 g/mol. The van der Waals surface area contributed by atoms with Gasteiger partial charge in [-0.05, 0) is 56.5 Å². The maximum absolute atomic E-state index is 14.0. The van der Waals surface area contributed by atoms with Crippen molar-refractivity contribution in [3.05, 3.63) is 59.0 Å². The van der Waals surface area contributed by atoms with Gasteiger partial charge in [-0.25, -0.2) is 9.97 Å². The van der Waals surface area contributed by atoms with Crippen molar-refractivity contribution in [2.45, 2.75) is 64.2 Å². The van der Waals surface area contributed by atoms with Gasteiger partial charge in [-0.2, -0.15) is 18.2 Å². The van der Waals surface area contributed by atoms with E-state index in [4.69, 9.17) is 13.8 Å². The van der Waals surface area contributed by atoms with Crippen LogP contribution in [-0.2, 0) is 21.4 Å². The van der Waals surface area contributed by atoms with Gasteiger partial charge >= 0.3 is 6.18 Å². The van der Waals surface area contributed by atoms with E-state index in [1.807, 2.05) is 19.9 Å². The second-order valence-electron chi connectivity index (χ2n) is 10.1. The van der Waals surface area contributed by atoms with Gasteiger partial charge in [0.1, 0.15) is 17.1 Å². The van der Waals surface area contributed by atoms with E-state index in [9.17, 15) is 18.0 Å². The molecule has 4 rings (SSSR count). The van der Waals surface area contributed by atoms with Crippen LogP contribution in [0.2, 0.25) is 0 Å². The third kappa shape index (κ3) is 8.55. The van der Waals surface area contributed by atoms with Crippen molar-refractivity contribution in [2.75, 3.05) is 38.0 Å². The molecule has 1 aliphatic carbocycles. The first-order valence-corrected chi connectivity index (χ1v) is 15.9. The lowest BCUT2D eigenvalue weighted by atomic mass is 9.86. The van der Waals surface area contributed by atoms with Crippen molar-refractivity contribution in [1.29, 1.82) is 0 Å². The normalized spacial score (nSPS) is 14.0. The molecule has 2 heterocycles. The molecule has 1 saturated carbocycles. The molecule has 238 valence electrons. The fourth-order valence-corrected chi connectivity index (χ4v) is 6.32. The lowest BCUT2D eigenvalue weighted by Gasteiger charge is -2.22. The molecular formula is C30H38F3N6O4P. The van der Waals surface area contributed by atoms with Gasteiger partial charge in [-0.15, -0.1) is 0 Å². The number of nitrogens with zero attached hydrogens (tertiary/aromatic N) is 3. The zero-order valence-corrected chi connectivity index (χ0v) is 26.1. The van der Waals surface area contributed by atoms with Crippen LogP contribution in [0.15, 0.2) is 36.5 Å². The number of carbonyl (C=O) groups excluding carboxylic acids is 1. The molecule has 0 aliphatic heterocycles. The molecule has 0 unspecified atom stereocenters. The van der Waals surface area contributed by atoms with Crippen LogP contribution < -0.4 is 20.7 Å². The molecule has 1 aromatic carbocycles. The number of nitrogens with one attached hydrogen (secondary N) is 3. The Morgan fingerprint density at radius 2 is 1.70 bits per heavy atom. The minimum absolute atomic E-state index is 0.00635. The molecule has 1 amide bonds. The Kier molecular flexibility index (Phi) is 11.7. The summed E-state index contributed by atoms with van der Waals surface area (Å²) in [6, 6.07) is 8.71. The second kappa shape index (κ2) is 15.5. The first-order valence-electron chi connectivity index (χ1n) is 14.6. The summed E-state index contributed by atoms with van der Waals surface area (Å²) in [6.45, 7) is 4.85. The van der Waals surface area contributed by atoms with Crippen LogP contribution >= 0.6 is 8.38 Å². The number of aromatic nitrogens is 3. The van der Waals surface area contributed by atoms with Crippen molar-refractivity contribution in [3.8, 4) is 5.75 Å². The number of pyridine rings is 1. The molecule has 0 saturated heterocycles. The van der Waals surface area contributed by atoms with Gasteiger partial charge in [0, 0.05) is 31.0 Å². The van der Waals surface area contributed by atoms with E-state index < -0.39 is 31.8 Å². The number of benzene rings is 1. The molecule has 3 N–H and O–H groups in total. The molecule has 0 radical (unpaired) electrons. The van der Waals surface area contributed by atoms with Crippen molar-refractivity contribution in [3.63, 3.8) is 0 Å². The van der Waals surface area contributed by atoms with Crippen LogP contribution in [0.25, 0.3) is 0 Å². The van der Waals surface area contributed by atoms with Crippen molar-refractivity contribution >= 4 is 37.4 Å². The van der Waals surface area contributed by atoms with Crippen molar-refractivity contribution in [2.24, 2.45) is 0 Å². The third-order valence-corrected chi connectivity index (χ3v) is 8.82. The largest absolute Gasteiger partial charge is 0.495 e.